The number of carbonyl (C=O) groups excluding carboxylic acids is 2. The number of fused-ring (bicyclic) bond motifs is 1. The van der Waals surface area contributed by atoms with Gasteiger partial charge in [-0.1, -0.05) is 18.2 Å². The Morgan fingerprint density at radius 2 is 1.58 bits per heavy atom. The summed E-state index contributed by atoms with van der Waals surface area (Å²) in [6.45, 7) is 1.63. The number of nitrogens with zero attached hydrogens (tertiary/aromatic N) is 2. The van der Waals surface area contributed by atoms with Gasteiger partial charge in [0.05, 0.1) is 11.2 Å². The minimum atomic E-state index is -0.219. The van der Waals surface area contributed by atoms with E-state index in [0.29, 0.717) is 16.8 Å². The zero-order valence-corrected chi connectivity index (χ0v) is 14.3. The lowest BCUT2D eigenvalue weighted by Gasteiger charge is -2.15. The highest BCUT2D eigenvalue weighted by Gasteiger charge is 2.19. The van der Waals surface area contributed by atoms with E-state index in [1.165, 1.54) is 0 Å². The number of pyridine rings is 1. The number of benzene rings is 2. The summed E-state index contributed by atoms with van der Waals surface area (Å²) in [4.78, 5) is 31.1. The molecule has 1 saturated heterocycles. The van der Waals surface area contributed by atoms with Gasteiger partial charge in [-0.3, -0.25) is 14.6 Å². The smallest absolute Gasteiger partial charge is 0.255 e. The van der Waals surface area contributed by atoms with Crippen molar-refractivity contribution in [2.24, 2.45) is 0 Å². The van der Waals surface area contributed by atoms with Crippen molar-refractivity contribution in [1.29, 1.82) is 0 Å². The predicted octanol–water partition coefficient (Wildman–Crippen LogP) is 3.72. The number of likely N-dealkylation sites (tertiary alicyclic amines) is 1. The third kappa shape index (κ3) is 3.16. The molecule has 2 aromatic carbocycles. The third-order valence-corrected chi connectivity index (χ3v) is 4.67. The molecule has 1 N–H and O–H groups in total. The maximum Gasteiger partial charge on any atom is 0.255 e. The Morgan fingerprint density at radius 1 is 0.885 bits per heavy atom. The molecule has 0 atom stereocenters. The van der Waals surface area contributed by atoms with Crippen LogP contribution in [0.1, 0.15) is 33.6 Å². The van der Waals surface area contributed by atoms with E-state index in [4.69, 9.17) is 0 Å². The van der Waals surface area contributed by atoms with E-state index in [9.17, 15) is 9.59 Å². The lowest BCUT2D eigenvalue weighted by molar-refractivity contribution is 0.0792. The summed E-state index contributed by atoms with van der Waals surface area (Å²) in [7, 11) is 0. The Bertz CT molecular complexity index is 955. The van der Waals surface area contributed by atoms with Gasteiger partial charge < -0.3 is 10.2 Å². The average Bonchev–Trinajstić information content (AvgIpc) is 3.23. The summed E-state index contributed by atoms with van der Waals surface area (Å²) in [5, 5.41) is 3.88. The fraction of sp³-hybridized carbons (Fsp3) is 0.190. The van der Waals surface area contributed by atoms with Crippen LogP contribution in [0.2, 0.25) is 0 Å². The molecular formula is C21H19N3O2. The molecule has 5 nitrogen and oxygen atoms in total. The molecule has 1 aliphatic rings. The molecule has 26 heavy (non-hydrogen) atoms. The van der Waals surface area contributed by atoms with Crippen LogP contribution < -0.4 is 5.32 Å². The van der Waals surface area contributed by atoms with Crippen molar-refractivity contribution in [1.82, 2.24) is 9.88 Å². The maximum absolute atomic E-state index is 12.6. The zero-order valence-electron chi connectivity index (χ0n) is 14.3. The van der Waals surface area contributed by atoms with Crippen molar-refractivity contribution >= 4 is 28.4 Å². The van der Waals surface area contributed by atoms with Crippen LogP contribution in [-0.2, 0) is 0 Å². The van der Waals surface area contributed by atoms with Crippen LogP contribution in [0.5, 0.6) is 0 Å². The van der Waals surface area contributed by atoms with E-state index < -0.39 is 0 Å². The molecule has 0 radical (unpaired) electrons. The topological polar surface area (TPSA) is 62.3 Å². The minimum Gasteiger partial charge on any atom is -0.339 e. The van der Waals surface area contributed by atoms with Gasteiger partial charge in [0.1, 0.15) is 0 Å². The molecule has 0 unspecified atom stereocenters. The number of aromatic nitrogens is 1. The largest absolute Gasteiger partial charge is 0.339 e. The number of hydrogen-bond donors (Lipinski definition) is 1. The Morgan fingerprint density at radius 3 is 2.35 bits per heavy atom. The fourth-order valence-electron chi connectivity index (χ4n) is 3.27. The van der Waals surface area contributed by atoms with E-state index in [2.05, 4.69) is 10.3 Å². The highest BCUT2D eigenvalue weighted by atomic mass is 16.2. The van der Waals surface area contributed by atoms with Gasteiger partial charge in [-0.2, -0.15) is 0 Å². The summed E-state index contributed by atoms with van der Waals surface area (Å²) in [6.07, 6.45) is 3.83. The molecule has 3 aromatic rings. The van der Waals surface area contributed by atoms with Crippen LogP contribution in [0.15, 0.2) is 60.8 Å². The van der Waals surface area contributed by atoms with E-state index in [-0.39, 0.29) is 11.8 Å². The molecular weight excluding hydrogens is 326 g/mol. The van der Waals surface area contributed by atoms with Crippen LogP contribution in [0.25, 0.3) is 10.9 Å². The van der Waals surface area contributed by atoms with Crippen LogP contribution in [0, 0.1) is 0 Å². The Labute approximate surface area is 151 Å². The average molecular weight is 345 g/mol. The summed E-state index contributed by atoms with van der Waals surface area (Å²) in [5.41, 5.74) is 2.56. The number of anilines is 1. The highest BCUT2D eigenvalue weighted by Crippen LogP contribution is 2.21. The second-order valence-electron chi connectivity index (χ2n) is 6.41. The summed E-state index contributed by atoms with van der Waals surface area (Å²) in [5.74, 6) is -0.184. The van der Waals surface area contributed by atoms with Crippen molar-refractivity contribution in [2.45, 2.75) is 12.8 Å². The van der Waals surface area contributed by atoms with Crippen LogP contribution >= 0.6 is 0 Å². The van der Waals surface area contributed by atoms with Gasteiger partial charge in [-0.15, -0.1) is 0 Å². The van der Waals surface area contributed by atoms with Gasteiger partial charge in [-0.25, -0.2) is 0 Å². The molecule has 1 fully saturated rings. The van der Waals surface area contributed by atoms with Crippen molar-refractivity contribution in [2.75, 3.05) is 18.4 Å². The van der Waals surface area contributed by atoms with E-state index >= 15 is 0 Å². The molecule has 0 bridgehead atoms. The monoisotopic (exact) mass is 345 g/mol. The number of amides is 2. The minimum absolute atomic E-state index is 0.0349. The molecule has 1 aliphatic heterocycles. The molecule has 5 heteroatoms. The first-order valence-electron chi connectivity index (χ1n) is 8.77. The Hall–Kier alpha value is -3.21. The quantitative estimate of drug-likeness (QED) is 0.787. The Balaban J connectivity index is 1.52. The number of rotatable bonds is 3. The van der Waals surface area contributed by atoms with Crippen molar-refractivity contribution < 1.29 is 9.59 Å². The van der Waals surface area contributed by atoms with Gasteiger partial charge in [-0.05, 0) is 49.2 Å². The number of para-hydroxylation sites is 1. The summed E-state index contributed by atoms with van der Waals surface area (Å²) < 4.78 is 0. The van der Waals surface area contributed by atoms with Crippen molar-refractivity contribution in [3.05, 3.63) is 71.9 Å². The number of hydrogen-bond acceptors (Lipinski definition) is 3. The van der Waals surface area contributed by atoms with Gasteiger partial charge in [0, 0.05) is 35.8 Å². The molecule has 130 valence electrons. The van der Waals surface area contributed by atoms with Crippen molar-refractivity contribution in [3.63, 3.8) is 0 Å². The summed E-state index contributed by atoms with van der Waals surface area (Å²) >= 11 is 0. The van der Waals surface area contributed by atoms with E-state index in [1.54, 1.807) is 30.5 Å². The van der Waals surface area contributed by atoms with Crippen LogP contribution in [-0.4, -0.2) is 34.8 Å². The number of carbonyl (C=O) groups is 2. The second-order valence-corrected chi connectivity index (χ2v) is 6.41. The second kappa shape index (κ2) is 6.96. The molecule has 2 amide bonds. The van der Waals surface area contributed by atoms with Crippen LogP contribution in [0.3, 0.4) is 0 Å². The predicted molar refractivity (Wildman–Crippen MR) is 101 cm³/mol. The molecule has 1 aromatic heterocycles. The van der Waals surface area contributed by atoms with Gasteiger partial charge in [0.15, 0.2) is 0 Å². The highest BCUT2D eigenvalue weighted by molar-refractivity contribution is 6.08. The standard InChI is InChI=1S/C21H19N3O2/c25-20(23-18-7-3-5-15-6-4-12-22-19(15)18)16-8-10-17(11-9-16)21(26)24-13-1-2-14-24/h3-12H,1-2,13-14H2,(H,23,25). The number of nitrogens with one attached hydrogen (secondary N) is 1. The van der Waals surface area contributed by atoms with Gasteiger partial charge >= 0.3 is 0 Å². The lowest BCUT2D eigenvalue weighted by atomic mass is 10.1. The van der Waals surface area contributed by atoms with E-state index in [0.717, 1.165) is 36.8 Å². The van der Waals surface area contributed by atoms with Crippen molar-refractivity contribution in [3.8, 4) is 0 Å². The molecule has 2 heterocycles. The molecule has 4 rings (SSSR count). The summed E-state index contributed by atoms with van der Waals surface area (Å²) in [6, 6.07) is 16.3. The first-order valence-corrected chi connectivity index (χ1v) is 8.77. The van der Waals surface area contributed by atoms with Crippen LogP contribution in [0.4, 0.5) is 5.69 Å². The first kappa shape index (κ1) is 16.3. The van der Waals surface area contributed by atoms with E-state index in [1.807, 2.05) is 35.2 Å². The SMILES string of the molecule is O=C(Nc1cccc2cccnc12)c1ccc(C(=O)N2CCCC2)cc1. The maximum atomic E-state index is 12.6. The lowest BCUT2D eigenvalue weighted by Crippen LogP contribution is -2.27. The van der Waals surface area contributed by atoms with Gasteiger partial charge in [0.2, 0.25) is 0 Å². The third-order valence-electron chi connectivity index (χ3n) is 4.67. The van der Waals surface area contributed by atoms with Gasteiger partial charge in [0.25, 0.3) is 11.8 Å². The molecule has 0 saturated carbocycles. The zero-order chi connectivity index (χ0) is 17.9. The first-order chi connectivity index (χ1) is 12.7. The molecule has 0 spiro atoms. The molecule has 0 aliphatic carbocycles. The Kier molecular flexibility index (Phi) is 4.35. The normalized spacial score (nSPS) is 13.8. The fourth-order valence-corrected chi connectivity index (χ4v) is 3.27.